The van der Waals surface area contributed by atoms with Gasteiger partial charge in [-0.25, -0.2) is 0 Å². The lowest BCUT2D eigenvalue weighted by Crippen LogP contribution is -2.42. The lowest BCUT2D eigenvalue weighted by molar-refractivity contribution is 0.0838. The van der Waals surface area contributed by atoms with Crippen molar-refractivity contribution in [2.75, 3.05) is 7.11 Å². The van der Waals surface area contributed by atoms with Crippen LogP contribution in [-0.4, -0.2) is 30.5 Å². The average molecular weight is 287 g/mol. The van der Waals surface area contributed by atoms with Crippen molar-refractivity contribution in [3.63, 3.8) is 0 Å². The number of aliphatic hydroxyl groups excluding tert-OH is 1. The van der Waals surface area contributed by atoms with Gasteiger partial charge in [0.2, 0.25) is 0 Å². The Morgan fingerprint density at radius 3 is 3.10 bits per heavy atom. The van der Waals surface area contributed by atoms with Gasteiger partial charge >= 0.3 is 0 Å². The lowest BCUT2D eigenvalue weighted by atomic mass is 9.69. The van der Waals surface area contributed by atoms with Crippen LogP contribution in [0.1, 0.15) is 30.4 Å². The number of hydrogen-bond acceptors (Lipinski definition) is 4. The minimum atomic E-state index is -0.429. The highest BCUT2D eigenvalue weighted by Crippen LogP contribution is 2.56. The molecule has 4 heteroatoms. The Kier molecular flexibility index (Phi) is 2.81. The minimum Gasteiger partial charge on any atom is -0.493 e. The first-order valence-corrected chi connectivity index (χ1v) is 7.64. The summed E-state index contributed by atoms with van der Waals surface area (Å²) in [5, 5.41) is 9.96. The molecule has 0 radical (unpaired) electrons. The maximum absolute atomic E-state index is 9.96. The molecule has 1 spiro atoms. The second-order valence-electron chi connectivity index (χ2n) is 6.44. The zero-order valence-corrected chi connectivity index (χ0v) is 12.2. The van der Waals surface area contributed by atoms with Gasteiger partial charge in [0.1, 0.15) is 6.10 Å². The molecule has 0 amide bonds. The van der Waals surface area contributed by atoms with Gasteiger partial charge in [0, 0.05) is 18.0 Å². The van der Waals surface area contributed by atoms with E-state index >= 15 is 0 Å². The van der Waals surface area contributed by atoms with E-state index in [2.05, 4.69) is 12.1 Å². The monoisotopic (exact) mass is 287 g/mol. The van der Waals surface area contributed by atoms with Gasteiger partial charge < -0.3 is 20.3 Å². The molecule has 0 saturated carbocycles. The van der Waals surface area contributed by atoms with Gasteiger partial charge in [-0.05, 0) is 30.9 Å². The van der Waals surface area contributed by atoms with Crippen molar-refractivity contribution in [1.29, 1.82) is 0 Å². The molecule has 1 aromatic carbocycles. The number of hydrogen-bond donors (Lipinski definition) is 2. The van der Waals surface area contributed by atoms with Crippen molar-refractivity contribution < 1.29 is 14.6 Å². The maximum atomic E-state index is 9.96. The van der Waals surface area contributed by atoms with Crippen molar-refractivity contribution in [2.45, 2.75) is 49.3 Å². The molecule has 1 heterocycles. The normalized spacial score (nSPS) is 36.4. The Hall–Kier alpha value is -1.52. The van der Waals surface area contributed by atoms with Crippen molar-refractivity contribution in [2.24, 2.45) is 5.73 Å². The van der Waals surface area contributed by atoms with Crippen LogP contribution in [0.15, 0.2) is 24.3 Å². The zero-order chi connectivity index (χ0) is 14.6. The zero-order valence-electron chi connectivity index (χ0n) is 12.2. The van der Waals surface area contributed by atoms with Crippen LogP contribution in [0.25, 0.3) is 0 Å². The summed E-state index contributed by atoms with van der Waals surface area (Å²) in [6.45, 7) is 0. The summed E-state index contributed by atoms with van der Waals surface area (Å²) in [4.78, 5) is 0. The highest BCUT2D eigenvalue weighted by molar-refractivity contribution is 5.61. The van der Waals surface area contributed by atoms with Gasteiger partial charge in [-0.1, -0.05) is 18.2 Å². The molecule has 0 bridgehead atoms. The molecule has 1 aromatic rings. The third-order valence-electron chi connectivity index (χ3n) is 5.21. The fourth-order valence-corrected chi connectivity index (χ4v) is 4.18. The molecule has 4 atom stereocenters. The van der Waals surface area contributed by atoms with E-state index in [1.807, 2.05) is 12.1 Å². The highest BCUT2D eigenvalue weighted by Gasteiger charge is 2.52. The van der Waals surface area contributed by atoms with Crippen LogP contribution in [0.4, 0.5) is 0 Å². The predicted octanol–water partition coefficient (Wildman–Crippen LogP) is 1.68. The van der Waals surface area contributed by atoms with E-state index in [1.54, 1.807) is 7.11 Å². The highest BCUT2D eigenvalue weighted by atomic mass is 16.5. The van der Waals surface area contributed by atoms with Crippen LogP contribution in [-0.2, 0) is 11.8 Å². The van der Waals surface area contributed by atoms with E-state index in [-0.39, 0.29) is 17.6 Å². The average Bonchev–Trinajstić information content (AvgIpc) is 2.72. The molecular formula is C17H21NO3. The summed E-state index contributed by atoms with van der Waals surface area (Å²) in [6.07, 6.45) is 7.05. The topological polar surface area (TPSA) is 64.7 Å². The first kappa shape index (κ1) is 13.2. The van der Waals surface area contributed by atoms with E-state index in [4.69, 9.17) is 15.2 Å². The molecule has 4 rings (SSSR count). The molecule has 112 valence electrons. The fraction of sp³-hybridized carbons (Fsp3) is 0.529. The number of rotatable bonds is 1. The molecule has 3 N–H and O–H groups in total. The van der Waals surface area contributed by atoms with Gasteiger partial charge in [0.25, 0.3) is 0 Å². The summed E-state index contributed by atoms with van der Waals surface area (Å²) in [6, 6.07) is 4.27. The summed E-state index contributed by atoms with van der Waals surface area (Å²) in [5.41, 5.74) is 8.61. The minimum absolute atomic E-state index is 0.0205. The van der Waals surface area contributed by atoms with Crippen LogP contribution in [0.3, 0.4) is 0 Å². The molecule has 0 fully saturated rings. The van der Waals surface area contributed by atoms with E-state index in [9.17, 15) is 5.11 Å². The van der Waals surface area contributed by atoms with E-state index < -0.39 is 6.10 Å². The number of methoxy groups -OCH3 is 1. The molecule has 2 aliphatic carbocycles. The van der Waals surface area contributed by atoms with Gasteiger partial charge in [-0.3, -0.25) is 0 Å². The first-order valence-electron chi connectivity index (χ1n) is 7.64. The third kappa shape index (κ3) is 1.75. The van der Waals surface area contributed by atoms with Crippen molar-refractivity contribution in [1.82, 2.24) is 0 Å². The molecule has 4 nitrogen and oxygen atoms in total. The molecule has 3 unspecified atom stereocenters. The van der Waals surface area contributed by atoms with E-state index in [0.29, 0.717) is 6.42 Å². The smallest absolute Gasteiger partial charge is 0.166 e. The summed E-state index contributed by atoms with van der Waals surface area (Å²) >= 11 is 0. The summed E-state index contributed by atoms with van der Waals surface area (Å²) < 4.78 is 11.7. The number of ether oxygens (including phenoxy) is 2. The van der Waals surface area contributed by atoms with Crippen LogP contribution in [0.5, 0.6) is 11.5 Å². The largest absolute Gasteiger partial charge is 0.493 e. The Bertz CT molecular complexity index is 612. The van der Waals surface area contributed by atoms with Gasteiger partial charge in [-0.2, -0.15) is 0 Å². The fourth-order valence-electron chi connectivity index (χ4n) is 4.18. The third-order valence-corrected chi connectivity index (χ3v) is 5.21. The van der Waals surface area contributed by atoms with Crippen molar-refractivity contribution in [3.8, 4) is 11.5 Å². The van der Waals surface area contributed by atoms with Gasteiger partial charge in [-0.15, -0.1) is 0 Å². The maximum Gasteiger partial charge on any atom is 0.166 e. The second kappa shape index (κ2) is 4.49. The number of nitrogens with two attached hydrogens (primary N) is 1. The van der Waals surface area contributed by atoms with Gasteiger partial charge in [0.15, 0.2) is 11.5 Å². The molecule has 3 aliphatic rings. The van der Waals surface area contributed by atoms with E-state index in [0.717, 1.165) is 30.8 Å². The van der Waals surface area contributed by atoms with Crippen molar-refractivity contribution in [3.05, 3.63) is 35.4 Å². The first-order chi connectivity index (χ1) is 10.1. The molecule has 0 aromatic heterocycles. The van der Waals surface area contributed by atoms with Crippen LogP contribution in [0.2, 0.25) is 0 Å². The SMILES string of the molecule is COc1ccc2c3c1OC1C[C@@H](O)C=CC31CCC(N)C2. The number of aliphatic hydroxyl groups is 1. The van der Waals surface area contributed by atoms with Crippen LogP contribution in [0, 0.1) is 0 Å². The Balaban J connectivity index is 1.95. The Morgan fingerprint density at radius 2 is 2.29 bits per heavy atom. The molecule has 21 heavy (non-hydrogen) atoms. The predicted molar refractivity (Wildman–Crippen MR) is 79.8 cm³/mol. The standard InChI is InChI=1S/C17H21NO3/c1-20-13-3-2-10-8-11(18)4-6-17-7-5-12(19)9-14(17)21-16(13)15(10)17/h2-3,5,7,11-12,14,19H,4,6,8-9,18H2,1H3/t11?,12-,14?,17?/m0/s1. The lowest BCUT2D eigenvalue weighted by Gasteiger charge is -2.35. The summed E-state index contributed by atoms with van der Waals surface area (Å²) in [5.74, 6) is 1.63. The molecule has 0 saturated heterocycles. The van der Waals surface area contributed by atoms with Crippen LogP contribution < -0.4 is 15.2 Å². The van der Waals surface area contributed by atoms with Crippen LogP contribution >= 0.6 is 0 Å². The summed E-state index contributed by atoms with van der Waals surface area (Å²) in [7, 11) is 1.67. The second-order valence-corrected chi connectivity index (χ2v) is 6.44. The number of benzene rings is 1. The Labute approximate surface area is 124 Å². The van der Waals surface area contributed by atoms with Gasteiger partial charge in [0.05, 0.1) is 18.6 Å². The van der Waals surface area contributed by atoms with Crippen molar-refractivity contribution >= 4 is 0 Å². The van der Waals surface area contributed by atoms with E-state index in [1.165, 1.54) is 11.1 Å². The Morgan fingerprint density at radius 1 is 1.43 bits per heavy atom. The molecule has 1 aliphatic heterocycles. The molecular weight excluding hydrogens is 266 g/mol. The quantitative estimate of drug-likeness (QED) is 0.771.